The predicted octanol–water partition coefficient (Wildman–Crippen LogP) is 3.00. The van der Waals surface area contributed by atoms with E-state index in [2.05, 4.69) is 13.8 Å². The number of hydroxylamine groups is 2. The molecule has 0 radical (unpaired) electrons. The molecule has 1 fully saturated rings. The summed E-state index contributed by atoms with van der Waals surface area (Å²) in [5.74, 6) is 2.90. The number of allylic oxidation sites excluding steroid dienone is 2. The summed E-state index contributed by atoms with van der Waals surface area (Å²) in [7, 11) is 0. The first-order valence-corrected chi connectivity index (χ1v) is 6.01. The first-order chi connectivity index (χ1) is 7.15. The summed E-state index contributed by atoms with van der Waals surface area (Å²) in [4.78, 5) is 11.4. The van der Waals surface area contributed by atoms with Crippen molar-refractivity contribution in [2.24, 2.45) is 11.3 Å². The summed E-state index contributed by atoms with van der Waals surface area (Å²) in [6.45, 7) is 5.53. The number of hydrogen-bond donors (Lipinski definition) is 0. The average molecular weight is 209 g/mol. The van der Waals surface area contributed by atoms with Gasteiger partial charge in [-0.15, -0.1) is 0 Å². The maximum atomic E-state index is 5.70. The van der Waals surface area contributed by atoms with E-state index in [0.717, 1.165) is 36.8 Å². The quantitative estimate of drug-likeness (QED) is 0.697. The molecule has 0 amide bonds. The van der Waals surface area contributed by atoms with E-state index < -0.39 is 0 Å². The molecule has 1 heterocycles. The second-order valence-electron chi connectivity index (χ2n) is 5.64. The summed E-state index contributed by atoms with van der Waals surface area (Å²) in [6.07, 6.45) is 5.89. The van der Waals surface area contributed by atoms with Crippen molar-refractivity contribution in [3.8, 4) is 0 Å². The van der Waals surface area contributed by atoms with Crippen LogP contribution < -0.4 is 0 Å². The lowest BCUT2D eigenvalue weighted by Gasteiger charge is -2.14. The Morgan fingerprint density at radius 1 is 1.20 bits per heavy atom. The van der Waals surface area contributed by atoms with E-state index in [0.29, 0.717) is 5.41 Å². The second-order valence-corrected chi connectivity index (χ2v) is 5.64. The zero-order valence-electron chi connectivity index (χ0n) is 9.58. The van der Waals surface area contributed by atoms with Crippen LogP contribution in [0.3, 0.4) is 0 Å². The van der Waals surface area contributed by atoms with Crippen LogP contribution in [-0.2, 0) is 9.68 Å². The van der Waals surface area contributed by atoms with E-state index >= 15 is 0 Å². The lowest BCUT2D eigenvalue weighted by molar-refractivity contribution is -0.298. The van der Waals surface area contributed by atoms with Crippen LogP contribution in [0.15, 0.2) is 11.5 Å². The Hall–Kier alpha value is -0.700. The molecule has 1 aliphatic heterocycles. The average Bonchev–Trinajstić information content (AvgIpc) is 2.61. The largest absolute Gasteiger partial charge is 0.372 e. The van der Waals surface area contributed by atoms with Crippen molar-refractivity contribution in [1.29, 1.82) is 0 Å². The van der Waals surface area contributed by atoms with Crippen molar-refractivity contribution in [1.82, 2.24) is 5.23 Å². The van der Waals surface area contributed by atoms with Gasteiger partial charge in [-0.25, -0.2) is 0 Å². The normalized spacial score (nSPS) is 33.3. The Labute approximate surface area is 90.9 Å². The van der Waals surface area contributed by atoms with Gasteiger partial charge in [-0.05, 0) is 30.6 Å². The summed E-state index contributed by atoms with van der Waals surface area (Å²) in [5, 5.41) is 1.70. The third-order valence-corrected chi connectivity index (χ3v) is 3.88. The fourth-order valence-corrected chi connectivity index (χ4v) is 2.45. The van der Waals surface area contributed by atoms with Crippen LogP contribution in [0.25, 0.3) is 0 Å². The van der Waals surface area contributed by atoms with E-state index in [1.165, 1.54) is 19.3 Å². The van der Waals surface area contributed by atoms with Gasteiger partial charge in [-0.1, -0.05) is 13.8 Å². The molecule has 0 bridgehead atoms. The maximum absolute atomic E-state index is 5.70. The highest BCUT2D eigenvalue weighted by atomic mass is 17.0. The fraction of sp³-hybridized carbons (Fsp3) is 0.833. The standard InChI is InChI=1S/C12H19NO2/c1-12(2)7-9(12)8-13-14-10-5-3-4-6-11(10)15-13/h9H,3-8H2,1-2H3. The van der Waals surface area contributed by atoms with Crippen molar-refractivity contribution in [2.75, 3.05) is 6.54 Å². The highest BCUT2D eigenvalue weighted by Gasteiger charge is 2.48. The van der Waals surface area contributed by atoms with E-state index in [1.807, 2.05) is 0 Å². The third-order valence-electron chi connectivity index (χ3n) is 3.88. The van der Waals surface area contributed by atoms with Crippen molar-refractivity contribution in [3.05, 3.63) is 11.5 Å². The second kappa shape index (κ2) is 3.14. The molecule has 1 saturated carbocycles. The van der Waals surface area contributed by atoms with Gasteiger partial charge in [0.2, 0.25) is 0 Å². The van der Waals surface area contributed by atoms with Crippen LogP contribution >= 0.6 is 0 Å². The minimum Gasteiger partial charge on any atom is -0.372 e. The molecule has 0 aromatic heterocycles. The van der Waals surface area contributed by atoms with Crippen molar-refractivity contribution >= 4 is 0 Å². The van der Waals surface area contributed by atoms with Crippen molar-refractivity contribution in [3.63, 3.8) is 0 Å². The zero-order chi connectivity index (χ0) is 10.5. The van der Waals surface area contributed by atoms with Crippen LogP contribution in [0.2, 0.25) is 0 Å². The van der Waals surface area contributed by atoms with Gasteiger partial charge in [0.15, 0.2) is 11.5 Å². The van der Waals surface area contributed by atoms with Crippen LogP contribution in [0, 0.1) is 11.3 Å². The van der Waals surface area contributed by atoms with Crippen LogP contribution in [-0.4, -0.2) is 11.8 Å². The molecule has 3 heteroatoms. The molecular formula is C12H19NO2. The lowest BCUT2D eigenvalue weighted by Crippen LogP contribution is -2.21. The molecule has 1 atom stereocenters. The highest BCUT2D eigenvalue weighted by Crippen LogP contribution is 2.52. The van der Waals surface area contributed by atoms with Crippen molar-refractivity contribution < 1.29 is 9.68 Å². The molecule has 0 N–H and O–H groups in total. The fourth-order valence-electron chi connectivity index (χ4n) is 2.45. The van der Waals surface area contributed by atoms with E-state index in [4.69, 9.17) is 9.68 Å². The monoisotopic (exact) mass is 209 g/mol. The van der Waals surface area contributed by atoms with Gasteiger partial charge in [0.05, 0.1) is 6.54 Å². The van der Waals surface area contributed by atoms with Crippen LogP contribution in [0.4, 0.5) is 0 Å². The van der Waals surface area contributed by atoms with Gasteiger partial charge >= 0.3 is 0 Å². The Kier molecular flexibility index (Phi) is 2.00. The van der Waals surface area contributed by atoms with Gasteiger partial charge < -0.3 is 9.68 Å². The Bertz CT molecular complexity index is 291. The van der Waals surface area contributed by atoms with Gasteiger partial charge in [0.1, 0.15) is 0 Å². The highest BCUT2D eigenvalue weighted by molar-refractivity contribution is 5.07. The molecule has 2 aliphatic carbocycles. The maximum Gasteiger partial charge on any atom is 0.168 e. The Morgan fingerprint density at radius 3 is 2.20 bits per heavy atom. The van der Waals surface area contributed by atoms with E-state index in [9.17, 15) is 0 Å². The first kappa shape index (κ1) is 9.52. The Balaban J connectivity index is 1.55. The zero-order valence-corrected chi connectivity index (χ0v) is 9.58. The van der Waals surface area contributed by atoms with Gasteiger partial charge in [-0.3, -0.25) is 0 Å². The molecule has 0 spiro atoms. The molecule has 1 unspecified atom stereocenters. The molecule has 84 valence electrons. The minimum absolute atomic E-state index is 0.496. The number of nitrogens with zero attached hydrogens (tertiary/aromatic N) is 1. The van der Waals surface area contributed by atoms with Gasteiger partial charge in [-0.2, -0.15) is 0 Å². The molecule has 0 aromatic rings. The summed E-state index contributed by atoms with van der Waals surface area (Å²) < 4.78 is 0. The summed E-state index contributed by atoms with van der Waals surface area (Å²) in [6, 6.07) is 0. The van der Waals surface area contributed by atoms with Gasteiger partial charge in [0.25, 0.3) is 0 Å². The topological polar surface area (TPSA) is 21.7 Å². The molecule has 15 heavy (non-hydrogen) atoms. The van der Waals surface area contributed by atoms with Crippen molar-refractivity contribution in [2.45, 2.75) is 46.0 Å². The molecule has 3 rings (SSSR count). The molecule has 0 saturated heterocycles. The lowest BCUT2D eigenvalue weighted by atomic mass is 10.1. The number of rotatable bonds is 2. The van der Waals surface area contributed by atoms with Gasteiger partial charge in [0, 0.05) is 18.1 Å². The summed E-state index contributed by atoms with van der Waals surface area (Å²) in [5.41, 5.74) is 0.496. The van der Waals surface area contributed by atoms with Crippen LogP contribution in [0.5, 0.6) is 0 Å². The summed E-state index contributed by atoms with van der Waals surface area (Å²) >= 11 is 0. The van der Waals surface area contributed by atoms with E-state index in [-0.39, 0.29) is 0 Å². The molecule has 3 aliphatic rings. The molecule has 3 nitrogen and oxygen atoms in total. The Morgan fingerprint density at radius 2 is 1.73 bits per heavy atom. The predicted molar refractivity (Wildman–Crippen MR) is 56.3 cm³/mol. The molecule has 0 aromatic carbocycles. The minimum atomic E-state index is 0.496. The smallest absolute Gasteiger partial charge is 0.168 e. The van der Waals surface area contributed by atoms with E-state index in [1.54, 1.807) is 5.23 Å². The number of hydrogen-bond acceptors (Lipinski definition) is 3. The van der Waals surface area contributed by atoms with Crippen LogP contribution in [0.1, 0.15) is 46.0 Å². The first-order valence-electron chi connectivity index (χ1n) is 6.01. The SMILES string of the molecule is CC1(C)CC1CN1OC2=C(CCCC2)O1. The third kappa shape index (κ3) is 1.73. The molecular weight excluding hydrogens is 190 g/mol.